The van der Waals surface area contributed by atoms with Crippen LogP contribution in [-0.2, 0) is 6.42 Å². The molecule has 2 nitrogen and oxygen atoms in total. The van der Waals surface area contributed by atoms with Crippen molar-refractivity contribution in [3.05, 3.63) is 23.8 Å². The molecule has 0 radical (unpaired) electrons. The summed E-state index contributed by atoms with van der Waals surface area (Å²) in [4.78, 5) is 2.07. The number of hydrogen-bond donors (Lipinski definition) is 1. The van der Waals surface area contributed by atoms with E-state index in [4.69, 9.17) is 0 Å². The van der Waals surface area contributed by atoms with E-state index in [2.05, 4.69) is 11.0 Å². The van der Waals surface area contributed by atoms with Crippen molar-refractivity contribution >= 4 is 5.69 Å². The standard InChI is InChI=1S/C12H17NO/c1-13(2)11-4-3-5-12(14)10(11)8-9-6-7-9/h3-5,9,14H,6-8H2,1-2H3. The third-order valence-corrected chi connectivity index (χ3v) is 2.80. The molecule has 14 heavy (non-hydrogen) atoms. The Morgan fingerprint density at radius 2 is 2.07 bits per heavy atom. The maximum Gasteiger partial charge on any atom is 0.120 e. The van der Waals surface area contributed by atoms with Gasteiger partial charge in [0.05, 0.1) is 0 Å². The van der Waals surface area contributed by atoms with Gasteiger partial charge in [0.1, 0.15) is 5.75 Å². The van der Waals surface area contributed by atoms with Crippen LogP contribution in [0.4, 0.5) is 5.69 Å². The van der Waals surface area contributed by atoms with Gasteiger partial charge < -0.3 is 10.0 Å². The van der Waals surface area contributed by atoms with Crippen molar-refractivity contribution in [3.63, 3.8) is 0 Å². The van der Waals surface area contributed by atoms with E-state index in [9.17, 15) is 5.11 Å². The molecule has 76 valence electrons. The molecule has 1 aromatic rings. The fourth-order valence-corrected chi connectivity index (χ4v) is 1.80. The molecule has 1 saturated carbocycles. The second-order valence-electron chi connectivity index (χ2n) is 4.32. The normalized spacial score (nSPS) is 15.6. The molecule has 2 heteroatoms. The molecule has 0 atom stereocenters. The number of nitrogens with zero attached hydrogens (tertiary/aromatic N) is 1. The van der Waals surface area contributed by atoms with Crippen LogP contribution in [0.15, 0.2) is 18.2 Å². The molecule has 0 spiro atoms. The fourth-order valence-electron chi connectivity index (χ4n) is 1.80. The predicted octanol–water partition coefficient (Wildman–Crippen LogP) is 2.41. The van der Waals surface area contributed by atoms with Crippen LogP contribution in [0.1, 0.15) is 18.4 Å². The van der Waals surface area contributed by atoms with Gasteiger partial charge in [0.25, 0.3) is 0 Å². The highest BCUT2D eigenvalue weighted by Gasteiger charge is 2.24. The largest absolute Gasteiger partial charge is 0.508 e. The highest BCUT2D eigenvalue weighted by molar-refractivity contribution is 5.58. The van der Waals surface area contributed by atoms with Gasteiger partial charge in [0.15, 0.2) is 0 Å². The molecular formula is C12H17NO. The van der Waals surface area contributed by atoms with Crippen molar-refractivity contribution in [1.82, 2.24) is 0 Å². The molecular weight excluding hydrogens is 174 g/mol. The number of rotatable bonds is 3. The first-order chi connectivity index (χ1) is 6.68. The van der Waals surface area contributed by atoms with Crippen LogP contribution >= 0.6 is 0 Å². The first-order valence-electron chi connectivity index (χ1n) is 5.16. The maximum absolute atomic E-state index is 9.79. The second kappa shape index (κ2) is 3.52. The predicted molar refractivity (Wildman–Crippen MR) is 58.9 cm³/mol. The molecule has 1 aliphatic rings. The summed E-state index contributed by atoms with van der Waals surface area (Å²) >= 11 is 0. The molecule has 0 bridgehead atoms. The summed E-state index contributed by atoms with van der Waals surface area (Å²) in [6, 6.07) is 5.75. The molecule has 1 aromatic carbocycles. The van der Waals surface area contributed by atoms with E-state index in [1.807, 2.05) is 20.2 Å². The van der Waals surface area contributed by atoms with Crippen LogP contribution in [0.2, 0.25) is 0 Å². The number of aromatic hydroxyl groups is 1. The third-order valence-electron chi connectivity index (χ3n) is 2.80. The van der Waals surface area contributed by atoms with Gasteiger partial charge in [-0.25, -0.2) is 0 Å². The van der Waals surface area contributed by atoms with Crippen molar-refractivity contribution in [2.75, 3.05) is 19.0 Å². The van der Waals surface area contributed by atoms with E-state index < -0.39 is 0 Å². The molecule has 0 amide bonds. The molecule has 0 aromatic heterocycles. The van der Waals surface area contributed by atoms with Crippen molar-refractivity contribution in [2.45, 2.75) is 19.3 Å². The smallest absolute Gasteiger partial charge is 0.120 e. The van der Waals surface area contributed by atoms with Gasteiger partial charge in [0.2, 0.25) is 0 Å². The lowest BCUT2D eigenvalue weighted by molar-refractivity contribution is 0.466. The molecule has 0 unspecified atom stereocenters. The summed E-state index contributed by atoms with van der Waals surface area (Å²) in [5.41, 5.74) is 2.26. The van der Waals surface area contributed by atoms with E-state index in [0.29, 0.717) is 5.75 Å². The Morgan fingerprint density at radius 1 is 1.36 bits per heavy atom. The summed E-state index contributed by atoms with van der Waals surface area (Å²) < 4.78 is 0. The zero-order valence-corrected chi connectivity index (χ0v) is 8.83. The monoisotopic (exact) mass is 191 g/mol. The SMILES string of the molecule is CN(C)c1cccc(O)c1CC1CC1. The molecule has 0 saturated heterocycles. The minimum atomic E-state index is 0.447. The lowest BCUT2D eigenvalue weighted by Crippen LogP contribution is -2.11. The van der Waals surface area contributed by atoms with Gasteiger partial charge >= 0.3 is 0 Å². The fraction of sp³-hybridized carbons (Fsp3) is 0.500. The zero-order valence-electron chi connectivity index (χ0n) is 8.83. The van der Waals surface area contributed by atoms with Crippen LogP contribution in [0.25, 0.3) is 0 Å². The van der Waals surface area contributed by atoms with Crippen LogP contribution in [0.3, 0.4) is 0 Å². The van der Waals surface area contributed by atoms with Crippen molar-refractivity contribution in [1.29, 1.82) is 0 Å². The van der Waals surface area contributed by atoms with Gasteiger partial charge in [-0.1, -0.05) is 6.07 Å². The van der Waals surface area contributed by atoms with Gasteiger partial charge in [-0.15, -0.1) is 0 Å². The Bertz CT molecular complexity index is 329. The topological polar surface area (TPSA) is 23.5 Å². The van der Waals surface area contributed by atoms with Crippen molar-refractivity contribution in [3.8, 4) is 5.75 Å². The Labute approximate surface area is 85.2 Å². The minimum Gasteiger partial charge on any atom is -0.508 e. The van der Waals surface area contributed by atoms with Gasteiger partial charge in [-0.3, -0.25) is 0 Å². The van der Waals surface area contributed by atoms with Crippen LogP contribution in [-0.4, -0.2) is 19.2 Å². The molecule has 2 rings (SSSR count). The van der Waals surface area contributed by atoms with E-state index in [-0.39, 0.29) is 0 Å². The Balaban J connectivity index is 2.31. The zero-order chi connectivity index (χ0) is 10.1. The number of anilines is 1. The average Bonchev–Trinajstić information content (AvgIpc) is 2.91. The Kier molecular flexibility index (Phi) is 2.36. The van der Waals surface area contributed by atoms with Crippen LogP contribution < -0.4 is 4.90 Å². The van der Waals surface area contributed by atoms with Gasteiger partial charge in [0, 0.05) is 25.3 Å². The van der Waals surface area contributed by atoms with Gasteiger partial charge in [-0.05, 0) is 37.3 Å². The average molecular weight is 191 g/mol. The Hall–Kier alpha value is -1.18. The lowest BCUT2D eigenvalue weighted by atomic mass is 10.0. The van der Waals surface area contributed by atoms with E-state index >= 15 is 0 Å². The summed E-state index contributed by atoms with van der Waals surface area (Å²) in [5, 5.41) is 9.79. The summed E-state index contributed by atoms with van der Waals surface area (Å²) in [6.07, 6.45) is 3.67. The van der Waals surface area contributed by atoms with E-state index in [1.165, 1.54) is 12.8 Å². The summed E-state index contributed by atoms with van der Waals surface area (Å²) in [7, 11) is 4.04. The van der Waals surface area contributed by atoms with E-state index in [1.54, 1.807) is 6.07 Å². The highest BCUT2D eigenvalue weighted by atomic mass is 16.3. The molecule has 1 aliphatic carbocycles. The Morgan fingerprint density at radius 3 is 2.64 bits per heavy atom. The summed E-state index contributed by atoms with van der Waals surface area (Å²) in [5.74, 6) is 1.25. The second-order valence-corrected chi connectivity index (χ2v) is 4.32. The first kappa shape index (κ1) is 9.38. The molecule has 1 fully saturated rings. The maximum atomic E-state index is 9.79. The van der Waals surface area contributed by atoms with E-state index in [0.717, 1.165) is 23.6 Å². The van der Waals surface area contributed by atoms with Gasteiger partial charge in [-0.2, -0.15) is 0 Å². The molecule has 0 aliphatic heterocycles. The van der Waals surface area contributed by atoms with Crippen molar-refractivity contribution in [2.24, 2.45) is 5.92 Å². The molecule has 0 heterocycles. The minimum absolute atomic E-state index is 0.447. The lowest BCUT2D eigenvalue weighted by Gasteiger charge is -2.18. The van der Waals surface area contributed by atoms with Crippen molar-refractivity contribution < 1.29 is 5.11 Å². The highest BCUT2D eigenvalue weighted by Crippen LogP contribution is 2.38. The number of benzene rings is 1. The third kappa shape index (κ3) is 1.84. The number of phenols is 1. The molecule has 1 N–H and O–H groups in total. The van der Waals surface area contributed by atoms with Crippen LogP contribution in [0.5, 0.6) is 5.75 Å². The first-order valence-corrected chi connectivity index (χ1v) is 5.16. The number of hydrogen-bond acceptors (Lipinski definition) is 2. The van der Waals surface area contributed by atoms with Crippen LogP contribution in [0, 0.1) is 5.92 Å². The summed E-state index contributed by atoms with van der Waals surface area (Å²) in [6.45, 7) is 0. The quantitative estimate of drug-likeness (QED) is 0.793. The number of phenolic OH excluding ortho intramolecular Hbond substituents is 1.